The van der Waals surface area contributed by atoms with Crippen LogP contribution in [0.1, 0.15) is 12.5 Å². The fourth-order valence-corrected chi connectivity index (χ4v) is 4.07. The van der Waals surface area contributed by atoms with Crippen LogP contribution >= 0.6 is 15.9 Å². The minimum Gasteiger partial charge on any atom is -0.340 e. The minimum atomic E-state index is -3.26. The Kier molecular flexibility index (Phi) is 5.76. The Morgan fingerprint density at radius 3 is 2.33 bits per heavy atom. The largest absolute Gasteiger partial charge is 0.340 e. The molecule has 27 heavy (non-hydrogen) atoms. The molecular weight excluding hydrogens is 428 g/mol. The van der Waals surface area contributed by atoms with Crippen LogP contribution in [0.5, 0.6) is 0 Å². The highest BCUT2D eigenvalue weighted by Gasteiger charge is 2.12. The fraction of sp³-hybridized carbons (Fsp3) is 0.158. The maximum atomic E-state index is 12.1. The van der Waals surface area contributed by atoms with E-state index in [0.29, 0.717) is 17.3 Å². The van der Waals surface area contributed by atoms with Crippen molar-refractivity contribution in [3.8, 4) is 0 Å². The summed E-state index contributed by atoms with van der Waals surface area (Å²) in [5, 5.41) is 6.36. The number of nitrogens with zero attached hydrogens (tertiary/aromatic N) is 2. The van der Waals surface area contributed by atoms with Gasteiger partial charge in [0, 0.05) is 21.9 Å². The van der Waals surface area contributed by atoms with E-state index in [-0.39, 0.29) is 10.6 Å². The summed E-state index contributed by atoms with van der Waals surface area (Å²) >= 11 is 3.48. The Morgan fingerprint density at radius 1 is 0.963 bits per heavy atom. The third kappa shape index (κ3) is 5.05. The quantitative estimate of drug-likeness (QED) is 0.563. The number of hydrogen-bond donors (Lipinski definition) is 2. The first-order valence-corrected chi connectivity index (χ1v) is 10.8. The molecule has 0 fully saturated rings. The molecular formula is C19H19BrN4O2S. The number of hydrogen-bond acceptors (Lipinski definition) is 6. The van der Waals surface area contributed by atoms with Crippen molar-refractivity contribution < 1.29 is 8.42 Å². The molecule has 140 valence electrons. The maximum Gasteiger partial charge on any atom is 0.178 e. The van der Waals surface area contributed by atoms with Crippen molar-refractivity contribution >= 4 is 48.8 Å². The molecule has 8 heteroatoms. The number of nitrogens with one attached hydrogen (secondary N) is 2. The molecule has 0 aliphatic carbocycles. The standard InChI is InChI=1S/C19H19BrN4O2S/c1-3-27(25,26)17-6-4-5-15(10-17)23-18-11-19(22-12-21-18)24-16-8-13(2)7-14(20)9-16/h4-12H,3H2,1-2H3,(H2,21,22,23,24). The van der Waals surface area contributed by atoms with Crippen LogP contribution in [0, 0.1) is 6.92 Å². The number of rotatable bonds is 6. The van der Waals surface area contributed by atoms with Crippen LogP contribution in [0.2, 0.25) is 0 Å². The third-order valence-electron chi connectivity index (χ3n) is 3.83. The average Bonchev–Trinajstić information content (AvgIpc) is 2.61. The first kappa shape index (κ1) is 19.3. The maximum absolute atomic E-state index is 12.1. The molecule has 3 aromatic rings. The number of benzene rings is 2. The summed E-state index contributed by atoms with van der Waals surface area (Å²) in [5.74, 6) is 1.25. The Morgan fingerprint density at radius 2 is 1.67 bits per heavy atom. The van der Waals surface area contributed by atoms with Crippen LogP contribution in [-0.4, -0.2) is 24.1 Å². The van der Waals surface area contributed by atoms with Crippen molar-refractivity contribution in [3.63, 3.8) is 0 Å². The van der Waals surface area contributed by atoms with E-state index in [9.17, 15) is 8.42 Å². The summed E-state index contributed by atoms with van der Waals surface area (Å²) in [6.45, 7) is 3.64. The zero-order valence-corrected chi connectivity index (χ0v) is 17.3. The molecule has 0 saturated carbocycles. The van der Waals surface area contributed by atoms with Crippen LogP contribution in [0.15, 0.2) is 64.2 Å². The van der Waals surface area contributed by atoms with E-state index in [2.05, 4.69) is 36.5 Å². The van der Waals surface area contributed by atoms with Gasteiger partial charge in [-0.2, -0.15) is 0 Å². The monoisotopic (exact) mass is 446 g/mol. The molecule has 0 saturated heterocycles. The van der Waals surface area contributed by atoms with Crippen molar-refractivity contribution in [2.45, 2.75) is 18.7 Å². The molecule has 0 atom stereocenters. The number of aryl methyl sites for hydroxylation is 1. The van der Waals surface area contributed by atoms with E-state index in [0.717, 1.165) is 15.7 Å². The van der Waals surface area contributed by atoms with Crippen LogP contribution in [0.3, 0.4) is 0 Å². The lowest BCUT2D eigenvalue weighted by Gasteiger charge is -2.10. The second-order valence-electron chi connectivity index (χ2n) is 5.99. The highest BCUT2D eigenvalue weighted by molar-refractivity contribution is 9.10. The summed E-state index contributed by atoms with van der Waals surface area (Å²) in [6.07, 6.45) is 1.45. The van der Waals surface area contributed by atoms with Crippen LogP contribution in [0.4, 0.5) is 23.0 Å². The van der Waals surface area contributed by atoms with Gasteiger partial charge in [-0.25, -0.2) is 18.4 Å². The summed E-state index contributed by atoms with van der Waals surface area (Å²) in [4.78, 5) is 8.72. The van der Waals surface area contributed by atoms with E-state index in [1.54, 1.807) is 37.3 Å². The zero-order chi connectivity index (χ0) is 19.4. The zero-order valence-electron chi connectivity index (χ0n) is 14.9. The van der Waals surface area contributed by atoms with Gasteiger partial charge in [-0.15, -0.1) is 0 Å². The lowest BCUT2D eigenvalue weighted by atomic mass is 10.2. The molecule has 2 aromatic carbocycles. The molecule has 0 amide bonds. The second-order valence-corrected chi connectivity index (χ2v) is 9.18. The van der Waals surface area contributed by atoms with Crippen molar-refractivity contribution in [2.75, 3.05) is 16.4 Å². The van der Waals surface area contributed by atoms with Gasteiger partial charge in [0.2, 0.25) is 0 Å². The van der Waals surface area contributed by atoms with Crippen LogP contribution in [0.25, 0.3) is 0 Å². The molecule has 6 nitrogen and oxygen atoms in total. The van der Waals surface area contributed by atoms with Gasteiger partial charge >= 0.3 is 0 Å². The lowest BCUT2D eigenvalue weighted by molar-refractivity contribution is 0.597. The van der Waals surface area contributed by atoms with Gasteiger partial charge in [0.1, 0.15) is 18.0 Å². The normalized spacial score (nSPS) is 11.2. The third-order valence-corrected chi connectivity index (χ3v) is 6.02. The van der Waals surface area contributed by atoms with Gasteiger partial charge < -0.3 is 10.6 Å². The molecule has 1 heterocycles. The van der Waals surface area contributed by atoms with Gasteiger partial charge in [0.15, 0.2) is 9.84 Å². The van der Waals surface area contributed by atoms with Crippen LogP contribution in [-0.2, 0) is 9.84 Å². The Bertz CT molecular complexity index is 1050. The minimum absolute atomic E-state index is 0.0596. The molecule has 1 aromatic heterocycles. The number of halogens is 1. The van der Waals surface area contributed by atoms with E-state index in [1.165, 1.54) is 6.33 Å². The van der Waals surface area contributed by atoms with Crippen LogP contribution < -0.4 is 10.6 Å². The molecule has 0 unspecified atom stereocenters. The van der Waals surface area contributed by atoms with Gasteiger partial charge in [0.05, 0.1) is 10.6 Å². The molecule has 0 radical (unpaired) electrons. The summed E-state index contributed by atoms with van der Waals surface area (Å²) < 4.78 is 25.1. The summed E-state index contributed by atoms with van der Waals surface area (Å²) in [6, 6.07) is 14.4. The number of sulfone groups is 1. The summed E-state index contributed by atoms with van der Waals surface area (Å²) in [7, 11) is -3.26. The van der Waals surface area contributed by atoms with Crippen molar-refractivity contribution in [1.82, 2.24) is 9.97 Å². The SMILES string of the molecule is CCS(=O)(=O)c1cccc(Nc2cc(Nc3cc(C)cc(Br)c3)ncn2)c1. The lowest BCUT2D eigenvalue weighted by Crippen LogP contribution is -2.04. The number of aromatic nitrogens is 2. The van der Waals surface area contributed by atoms with E-state index in [1.807, 2.05) is 25.1 Å². The van der Waals surface area contributed by atoms with Crippen molar-refractivity contribution in [3.05, 3.63) is 64.9 Å². The predicted molar refractivity (Wildman–Crippen MR) is 112 cm³/mol. The van der Waals surface area contributed by atoms with Crippen molar-refractivity contribution in [1.29, 1.82) is 0 Å². The first-order valence-electron chi connectivity index (χ1n) is 8.32. The van der Waals surface area contributed by atoms with Gasteiger partial charge in [-0.3, -0.25) is 0 Å². The second kappa shape index (κ2) is 8.06. The van der Waals surface area contributed by atoms with E-state index in [4.69, 9.17) is 0 Å². The van der Waals surface area contributed by atoms with Crippen molar-refractivity contribution in [2.24, 2.45) is 0 Å². The first-order chi connectivity index (χ1) is 12.9. The molecule has 0 spiro atoms. The van der Waals surface area contributed by atoms with Gasteiger partial charge in [-0.1, -0.05) is 28.9 Å². The van der Waals surface area contributed by atoms with E-state index < -0.39 is 9.84 Å². The molecule has 0 bridgehead atoms. The molecule has 2 N–H and O–H groups in total. The number of anilines is 4. The smallest absolute Gasteiger partial charge is 0.178 e. The predicted octanol–water partition coefficient (Wildman–Crippen LogP) is 4.83. The Hall–Kier alpha value is -2.45. The van der Waals surface area contributed by atoms with E-state index >= 15 is 0 Å². The highest BCUT2D eigenvalue weighted by Crippen LogP contribution is 2.24. The van der Waals surface area contributed by atoms with Gasteiger partial charge in [-0.05, 0) is 48.9 Å². The molecule has 3 rings (SSSR count). The highest BCUT2D eigenvalue weighted by atomic mass is 79.9. The average molecular weight is 447 g/mol. The Balaban J connectivity index is 1.81. The topological polar surface area (TPSA) is 84.0 Å². The molecule has 0 aliphatic rings. The fourth-order valence-electron chi connectivity index (χ4n) is 2.53. The van der Waals surface area contributed by atoms with Gasteiger partial charge in [0.25, 0.3) is 0 Å². The summed E-state index contributed by atoms with van der Waals surface area (Å²) in [5.41, 5.74) is 2.67. The Labute approximate surface area is 167 Å². The molecule has 0 aliphatic heterocycles.